The van der Waals surface area contributed by atoms with Crippen LogP contribution in [-0.2, 0) is 6.42 Å². The fourth-order valence-corrected chi connectivity index (χ4v) is 2.35. The Bertz CT molecular complexity index is 520. The number of hydrogen-bond donors (Lipinski definition) is 1. The first-order chi connectivity index (χ1) is 10.3. The Morgan fingerprint density at radius 1 is 0.857 bits per heavy atom. The van der Waals surface area contributed by atoms with E-state index in [1.807, 2.05) is 24.5 Å². The van der Waals surface area contributed by atoms with Crippen molar-refractivity contribution in [2.75, 3.05) is 0 Å². The van der Waals surface area contributed by atoms with E-state index in [0.717, 1.165) is 12.0 Å². The molecule has 0 aliphatic carbocycles. The lowest BCUT2D eigenvalue weighted by molar-refractivity contribution is 0.475. The van der Waals surface area contributed by atoms with Crippen molar-refractivity contribution in [3.8, 4) is 17.1 Å². The molecule has 1 heterocycles. The highest BCUT2D eigenvalue weighted by atomic mass is 16.3. The van der Waals surface area contributed by atoms with Crippen LogP contribution in [0.4, 0.5) is 0 Å². The van der Waals surface area contributed by atoms with Crippen LogP contribution in [0.1, 0.15) is 51.0 Å². The third-order valence-corrected chi connectivity index (χ3v) is 3.65. The molecule has 0 bridgehead atoms. The lowest BCUT2D eigenvalue weighted by Crippen LogP contribution is -1.93. The maximum atomic E-state index is 9.28. The summed E-state index contributed by atoms with van der Waals surface area (Å²) in [5, 5.41) is 9.28. The van der Waals surface area contributed by atoms with Gasteiger partial charge in [0.15, 0.2) is 5.82 Å². The van der Waals surface area contributed by atoms with Gasteiger partial charge in [-0.25, -0.2) is 9.97 Å². The third kappa shape index (κ3) is 5.18. The average molecular weight is 284 g/mol. The van der Waals surface area contributed by atoms with Crippen LogP contribution in [-0.4, -0.2) is 15.1 Å². The molecule has 112 valence electrons. The number of hydrogen-bond acceptors (Lipinski definition) is 3. The van der Waals surface area contributed by atoms with Gasteiger partial charge in [-0.05, 0) is 42.7 Å². The molecule has 0 atom stereocenters. The summed E-state index contributed by atoms with van der Waals surface area (Å²) in [6, 6.07) is 6.97. The van der Waals surface area contributed by atoms with E-state index in [1.54, 1.807) is 12.1 Å². The number of rotatable bonds is 8. The highest BCUT2D eigenvalue weighted by Gasteiger charge is 2.02. The molecule has 1 aromatic carbocycles. The Labute approximate surface area is 127 Å². The Hall–Kier alpha value is -1.90. The van der Waals surface area contributed by atoms with Crippen molar-refractivity contribution in [3.63, 3.8) is 0 Å². The Kier molecular flexibility index (Phi) is 6.20. The Morgan fingerprint density at radius 2 is 1.48 bits per heavy atom. The lowest BCUT2D eigenvalue weighted by Gasteiger charge is -2.03. The lowest BCUT2D eigenvalue weighted by atomic mass is 10.1. The van der Waals surface area contributed by atoms with E-state index < -0.39 is 0 Å². The molecule has 0 saturated heterocycles. The van der Waals surface area contributed by atoms with Crippen LogP contribution in [0.2, 0.25) is 0 Å². The van der Waals surface area contributed by atoms with Gasteiger partial charge in [0.1, 0.15) is 5.75 Å². The van der Waals surface area contributed by atoms with Crippen molar-refractivity contribution in [1.29, 1.82) is 0 Å². The molecule has 3 heteroatoms. The maximum Gasteiger partial charge on any atom is 0.159 e. The van der Waals surface area contributed by atoms with E-state index in [4.69, 9.17) is 0 Å². The molecule has 0 saturated carbocycles. The summed E-state index contributed by atoms with van der Waals surface area (Å²) in [7, 11) is 0. The average Bonchev–Trinajstić information content (AvgIpc) is 2.52. The quantitative estimate of drug-likeness (QED) is 0.711. The predicted octanol–water partition coefficient (Wildman–Crippen LogP) is 4.75. The molecule has 21 heavy (non-hydrogen) atoms. The minimum atomic E-state index is 0.262. The summed E-state index contributed by atoms with van der Waals surface area (Å²) in [6.07, 6.45) is 12.7. The first-order valence-electron chi connectivity index (χ1n) is 7.90. The van der Waals surface area contributed by atoms with Gasteiger partial charge in [0, 0.05) is 18.0 Å². The van der Waals surface area contributed by atoms with E-state index >= 15 is 0 Å². The number of phenolic OH excluding ortho intramolecular Hbond substituents is 1. The molecule has 0 fully saturated rings. The summed E-state index contributed by atoms with van der Waals surface area (Å²) < 4.78 is 0. The van der Waals surface area contributed by atoms with Gasteiger partial charge in [-0.1, -0.05) is 39.0 Å². The van der Waals surface area contributed by atoms with Crippen LogP contribution in [0.15, 0.2) is 36.7 Å². The molecule has 0 radical (unpaired) electrons. The van der Waals surface area contributed by atoms with E-state index in [2.05, 4.69) is 16.9 Å². The topological polar surface area (TPSA) is 46.0 Å². The fourth-order valence-electron chi connectivity index (χ4n) is 2.35. The van der Waals surface area contributed by atoms with Gasteiger partial charge in [0.25, 0.3) is 0 Å². The molecule has 1 N–H and O–H groups in total. The summed E-state index contributed by atoms with van der Waals surface area (Å²) >= 11 is 0. The number of aromatic hydroxyl groups is 1. The molecule has 0 aliphatic rings. The molecule has 0 aliphatic heterocycles. The van der Waals surface area contributed by atoms with Crippen LogP contribution < -0.4 is 0 Å². The Balaban J connectivity index is 1.80. The number of aromatic nitrogens is 2. The van der Waals surface area contributed by atoms with Crippen molar-refractivity contribution in [3.05, 3.63) is 42.2 Å². The van der Waals surface area contributed by atoms with Crippen molar-refractivity contribution in [1.82, 2.24) is 9.97 Å². The van der Waals surface area contributed by atoms with Crippen molar-refractivity contribution in [2.45, 2.75) is 51.9 Å². The van der Waals surface area contributed by atoms with Crippen LogP contribution >= 0.6 is 0 Å². The van der Waals surface area contributed by atoms with Crippen molar-refractivity contribution in [2.24, 2.45) is 0 Å². The molecular formula is C18H24N2O. The molecule has 2 aromatic rings. The van der Waals surface area contributed by atoms with Crippen LogP contribution in [0.3, 0.4) is 0 Å². The SMILES string of the molecule is CCCCCCCCc1cnc(-c2ccc(O)cc2)nc1. The van der Waals surface area contributed by atoms with Gasteiger partial charge in [0.2, 0.25) is 0 Å². The number of phenols is 1. The van der Waals surface area contributed by atoms with Gasteiger partial charge in [-0.3, -0.25) is 0 Å². The number of unbranched alkanes of at least 4 members (excludes halogenated alkanes) is 5. The zero-order valence-electron chi connectivity index (χ0n) is 12.8. The second-order valence-corrected chi connectivity index (χ2v) is 5.48. The van der Waals surface area contributed by atoms with E-state index in [-0.39, 0.29) is 5.75 Å². The number of benzene rings is 1. The highest BCUT2D eigenvalue weighted by molar-refractivity contribution is 5.55. The minimum Gasteiger partial charge on any atom is -0.508 e. The van der Waals surface area contributed by atoms with Gasteiger partial charge < -0.3 is 5.11 Å². The summed E-state index contributed by atoms with van der Waals surface area (Å²) in [5.74, 6) is 0.972. The number of aryl methyl sites for hydroxylation is 1. The maximum absolute atomic E-state index is 9.28. The molecule has 1 aromatic heterocycles. The minimum absolute atomic E-state index is 0.262. The molecule has 3 nitrogen and oxygen atoms in total. The summed E-state index contributed by atoms with van der Waals surface area (Å²) in [4.78, 5) is 8.83. The zero-order valence-corrected chi connectivity index (χ0v) is 12.8. The van der Waals surface area contributed by atoms with Crippen LogP contribution in [0.5, 0.6) is 5.75 Å². The third-order valence-electron chi connectivity index (χ3n) is 3.65. The highest BCUT2D eigenvalue weighted by Crippen LogP contribution is 2.18. The zero-order chi connectivity index (χ0) is 14.9. The van der Waals surface area contributed by atoms with E-state index in [0.29, 0.717) is 5.82 Å². The van der Waals surface area contributed by atoms with Crippen molar-refractivity contribution >= 4 is 0 Å². The van der Waals surface area contributed by atoms with Gasteiger partial charge in [-0.15, -0.1) is 0 Å². The molecule has 0 spiro atoms. The van der Waals surface area contributed by atoms with Crippen LogP contribution in [0, 0.1) is 0 Å². The second-order valence-electron chi connectivity index (χ2n) is 5.48. The Morgan fingerprint density at radius 3 is 2.14 bits per heavy atom. The second kappa shape index (κ2) is 8.40. The normalized spacial score (nSPS) is 10.7. The first-order valence-corrected chi connectivity index (χ1v) is 7.90. The number of nitrogens with zero attached hydrogens (tertiary/aromatic N) is 2. The fraction of sp³-hybridized carbons (Fsp3) is 0.444. The summed E-state index contributed by atoms with van der Waals surface area (Å²) in [6.45, 7) is 2.24. The predicted molar refractivity (Wildman–Crippen MR) is 86.2 cm³/mol. The standard InChI is InChI=1S/C18H24N2O/c1-2-3-4-5-6-7-8-15-13-19-18(20-14-15)16-9-11-17(21)12-10-16/h9-14,21H,2-8H2,1H3. The smallest absolute Gasteiger partial charge is 0.159 e. The van der Waals surface area contributed by atoms with Gasteiger partial charge in [0.05, 0.1) is 0 Å². The largest absolute Gasteiger partial charge is 0.508 e. The van der Waals surface area contributed by atoms with E-state index in [9.17, 15) is 5.11 Å². The monoisotopic (exact) mass is 284 g/mol. The van der Waals surface area contributed by atoms with Crippen molar-refractivity contribution < 1.29 is 5.11 Å². The van der Waals surface area contributed by atoms with Crippen LogP contribution in [0.25, 0.3) is 11.4 Å². The van der Waals surface area contributed by atoms with Gasteiger partial charge in [-0.2, -0.15) is 0 Å². The van der Waals surface area contributed by atoms with E-state index in [1.165, 1.54) is 44.1 Å². The molecule has 2 rings (SSSR count). The summed E-state index contributed by atoms with van der Waals surface area (Å²) in [5.41, 5.74) is 2.13. The molecule has 0 unspecified atom stereocenters. The molecule has 0 amide bonds. The molecular weight excluding hydrogens is 260 g/mol. The first kappa shape index (κ1) is 15.5. The van der Waals surface area contributed by atoms with Gasteiger partial charge >= 0.3 is 0 Å².